The molecule has 0 fully saturated rings. The van der Waals surface area contributed by atoms with Gasteiger partial charge in [-0.15, -0.1) is 0 Å². The second-order valence-electron chi connectivity index (χ2n) is 10.2. The maximum Gasteiger partial charge on any atom is 0.229 e. The Kier molecular flexibility index (Phi) is 4.30. The van der Waals surface area contributed by atoms with E-state index in [4.69, 9.17) is 14.7 Å². The van der Waals surface area contributed by atoms with Crippen LogP contribution in [0.2, 0.25) is 0 Å². The summed E-state index contributed by atoms with van der Waals surface area (Å²) in [6.45, 7) is 0. The lowest BCUT2D eigenvalue weighted by molar-refractivity contribution is 0.469. The molecule has 0 unspecified atom stereocenters. The summed E-state index contributed by atoms with van der Waals surface area (Å²) in [6.07, 6.45) is 1.89. The van der Waals surface area contributed by atoms with E-state index in [9.17, 15) is 0 Å². The molecule has 4 heteroatoms. The first-order chi connectivity index (χ1) is 19.8. The summed E-state index contributed by atoms with van der Waals surface area (Å²) in [5, 5.41) is 5.60. The highest BCUT2D eigenvalue weighted by Gasteiger charge is 2.24. The molecule has 5 aromatic carbocycles. The van der Waals surface area contributed by atoms with Crippen molar-refractivity contribution >= 4 is 43.5 Å². The van der Waals surface area contributed by atoms with Gasteiger partial charge in [-0.2, -0.15) is 0 Å². The number of fused-ring (bicyclic) bond motifs is 7. The number of hydrogen-bond donors (Lipinski definition) is 0. The molecule has 4 heterocycles. The largest absolute Gasteiger partial charge is 0.438 e. The van der Waals surface area contributed by atoms with Crippen LogP contribution in [0.3, 0.4) is 0 Å². The van der Waals surface area contributed by atoms with E-state index in [2.05, 4.69) is 108 Å². The van der Waals surface area contributed by atoms with Gasteiger partial charge in [-0.3, -0.25) is 4.98 Å². The first-order valence-corrected chi connectivity index (χ1v) is 13.4. The molecule has 186 valence electrons. The smallest absolute Gasteiger partial charge is 0.229 e. The SMILES string of the molecule is c1ccc(-n2c3ccccc3c3cc(-c4cccc5c4nc4c6c(nccc65)-c5ccccc5O4)ccc32)cc1. The zero-order valence-electron chi connectivity index (χ0n) is 21.4. The van der Waals surface area contributed by atoms with E-state index >= 15 is 0 Å². The average molecular weight is 512 g/mol. The number of pyridine rings is 2. The number of ether oxygens (including phenoxy) is 1. The highest BCUT2D eigenvalue weighted by atomic mass is 16.5. The number of hydrogen-bond acceptors (Lipinski definition) is 3. The van der Waals surface area contributed by atoms with Gasteiger partial charge in [0.25, 0.3) is 0 Å². The van der Waals surface area contributed by atoms with Gasteiger partial charge in [0.15, 0.2) is 0 Å². The van der Waals surface area contributed by atoms with Crippen molar-refractivity contribution in [3.8, 4) is 39.7 Å². The van der Waals surface area contributed by atoms with Crippen LogP contribution >= 0.6 is 0 Å². The molecule has 0 bridgehead atoms. The van der Waals surface area contributed by atoms with Crippen LogP contribution in [0.1, 0.15) is 0 Å². The fourth-order valence-electron chi connectivity index (χ4n) is 6.30. The lowest BCUT2D eigenvalue weighted by Gasteiger charge is -2.21. The van der Waals surface area contributed by atoms with E-state index in [1.54, 1.807) is 0 Å². The molecule has 40 heavy (non-hydrogen) atoms. The molecule has 1 aliphatic rings. The van der Waals surface area contributed by atoms with Crippen LogP contribution in [0.25, 0.3) is 71.6 Å². The van der Waals surface area contributed by atoms with Gasteiger partial charge < -0.3 is 9.30 Å². The monoisotopic (exact) mass is 511 g/mol. The zero-order valence-corrected chi connectivity index (χ0v) is 21.4. The number of para-hydroxylation sites is 4. The van der Waals surface area contributed by atoms with Gasteiger partial charge in [0.05, 0.1) is 27.6 Å². The second kappa shape index (κ2) is 8.01. The predicted molar refractivity (Wildman–Crippen MR) is 162 cm³/mol. The van der Waals surface area contributed by atoms with Crippen molar-refractivity contribution in [1.29, 1.82) is 0 Å². The number of aromatic nitrogens is 3. The Balaban J connectivity index is 1.32. The van der Waals surface area contributed by atoms with Crippen LogP contribution in [0.4, 0.5) is 0 Å². The molecule has 3 aromatic heterocycles. The Labute approximate surface area is 229 Å². The van der Waals surface area contributed by atoms with Gasteiger partial charge in [0.2, 0.25) is 5.88 Å². The molecular formula is C36H21N3O. The number of benzene rings is 5. The topological polar surface area (TPSA) is 39.9 Å². The molecule has 0 aliphatic carbocycles. The molecule has 0 amide bonds. The van der Waals surface area contributed by atoms with E-state index in [-0.39, 0.29) is 0 Å². The van der Waals surface area contributed by atoms with Crippen molar-refractivity contribution in [3.63, 3.8) is 0 Å². The van der Waals surface area contributed by atoms with Crippen LogP contribution in [0.15, 0.2) is 128 Å². The molecule has 0 saturated carbocycles. The van der Waals surface area contributed by atoms with Crippen LogP contribution in [-0.2, 0) is 0 Å². The first kappa shape index (κ1) is 21.5. The van der Waals surface area contributed by atoms with Crippen LogP contribution in [-0.4, -0.2) is 14.5 Å². The van der Waals surface area contributed by atoms with Crippen molar-refractivity contribution in [1.82, 2.24) is 14.5 Å². The molecule has 4 nitrogen and oxygen atoms in total. The lowest BCUT2D eigenvalue weighted by Crippen LogP contribution is -2.01. The standard InChI is InChI=1S/C36H21N3O/c1-2-9-23(10-3-1)39-30-15-6-4-11-25(30)29-21-22(17-18-31(29)39)24-13-8-14-27-26-19-20-37-35-28-12-5-7-16-32(28)40-36(33(26)35)38-34(24)27/h1-21H. The minimum atomic E-state index is 0.610. The molecule has 0 saturated heterocycles. The summed E-state index contributed by atoms with van der Waals surface area (Å²) in [5.74, 6) is 1.40. The van der Waals surface area contributed by atoms with Gasteiger partial charge >= 0.3 is 0 Å². The van der Waals surface area contributed by atoms with E-state index in [0.29, 0.717) is 5.88 Å². The minimum absolute atomic E-state index is 0.610. The van der Waals surface area contributed by atoms with Crippen LogP contribution in [0.5, 0.6) is 11.6 Å². The first-order valence-electron chi connectivity index (χ1n) is 13.4. The maximum absolute atomic E-state index is 6.37. The van der Waals surface area contributed by atoms with Gasteiger partial charge in [-0.25, -0.2) is 4.98 Å². The van der Waals surface area contributed by atoms with Gasteiger partial charge in [-0.1, -0.05) is 72.8 Å². The third-order valence-corrected chi connectivity index (χ3v) is 8.05. The third kappa shape index (κ3) is 2.90. The van der Waals surface area contributed by atoms with E-state index in [1.807, 2.05) is 24.4 Å². The summed E-state index contributed by atoms with van der Waals surface area (Å²) in [6, 6.07) is 42.5. The average Bonchev–Trinajstić information content (AvgIpc) is 3.35. The Morgan fingerprint density at radius 1 is 0.575 bits per heavy atom. The fraction of sp³-hybridized carbons (Fsp3) is 0. The van der Waals surface area contributed by atoms with Gasteiger partial charge in [0.1, 0.15) is 5.75 Å². The Morgan fingerprint density at radius 2 is 1.35 bits per heavy atom. The van der Waals surface area contributed by atoms with Crippen molar-refractivity contribution in [2.75, 3.05) is 0 Å². The third-order valence-electron chi connectivity index (χ3n) is 8.05. The van der Waals surface area contributed by atoms with E-state index in [0.717, 1.165) is 55.5 Å². The summed E-state index contributed by atoms with van der Waals surface area (Å²) >= 11 is 0. The fourth-order valence-corrected chi connectivity index (χ4v) is 6.30. The highest BCUT2D eigenvalue weighted by Crippen LogP contribution is 2.47. The Bertz CT molecular complexity index is 2300. The maximum atomic E-state index is 6.37. The molecule has 9 rings (SSSR count). The molecule has 1 aliphatic heterocycles. The Hall–Kier alpha value is -5.48. The molecular weight excluding hydrogens is 490 g/mol. The van der Waals surface area contributed by atoms with Crippen LogP contribution in [0, 0.1) is 0 Å². The molecule has 8 aromatic rings. The summed E-state index contributed by atoms with van der Waals surface area (Å²) in [4.78, 5) is 9.87. The quantitative estimate of drug-likeness (QED) is 0.217. The second-order valence-corrected chi connectivity index (χ2v) is 10.2. The zero-order chi connectivity index (χ0) is 26.2. The van der Waals surface area contributed by atoms with Gasteiger partial charge in [0, 0.05) is 44.6 Å². The summed E-state index contributed by atoms with van der Waals surface area (Å²) < 4.78 is 8.71. The van der Waals surface area contributed by atoms with E-state index in [1.165, 1.54) is 21.8 Å². The van der Waals surface area contributed by atoms with E-state index < -0.39 is 0 Å². The number of rotatable bonds is 2. The highest BCUT2D eigenvalue weighted by molar-refractivity contribution is 6.17. The number of nitrogens with zero attached hydrogens (tertiary/aromatic N) is 3. The normalized spacial score (nSPS) is 12.2. The Morgan fingerprint density at radius 3 is 2.30 bits per heavy atom. The summed E-state index contributed by atoms with van der Waals surface area (Å²) in [5.41, 5.74) is 8.57. The molecule has 0 radical (unpaired) electrons. The molecule has 0 N–H and O–H groups in total. The molecule has 0 atom stereocenters. The van der Waals surface area contributed by atoms with Crippen molar-refractivity contribution < 1.29 is 4.74 Å². The predicted octanol–water partition coefficient (Wildman–Crippen LogP) is 9.32. The minimum Gasteiger partial charge on any atom is -0.438 e. The molecule has 0 spiro atoms. The van der Waals surface area contributed by atoms with Crippen LogP contribution < -0.4 is 4.74 Å². The lowest BCUT2D eigenvalue weighted by atomic mass is 9.95. The van der Waals surface area contributed by atoms with Crippen molar-refractivity contribution in [2.24, 2.45) is 0 Å². The van der Waals surface area contributed by atoms with Gasteiger partial charge in [-0.05, 0) is 54.1 Å². The summed E-state index contributed by atoms with van der Waals surface area (Å²) in [7, 11) is 0. The van der Waals surface area contributed by atoms with Crippen molar-refractivity contribution in [2.45, 2.75) is 0 Å². The van der Waals surface area contributed by atoms with Crippen molar-refractivity contribution in [3.05, 3.63) is 128 Å².